The topological polar surface area (TPSA) is 121 Å². The van der Waals surface area contributed by atoms with Crippen LogP contribution in [0.3, 0.4) is 0 Å². The van der Waals surface area contributed by atoms with Gasteiger partial charge in [-0.2, -0.15) is 0 Å². The van der Waals surface area contributed by atoms with Crippen molar-refractivity contribution >= 4 is 8.07 Å². The van der Waals surface area contributed by atoms with Crippen molar-refractivity contribution in [2.75, 3.05) is 27.4 Å². The highest BCUT2D eigenvalue weighted by Gasteiger charge is 2.63. The molecule has 1 aromatic heterocycles. The number of nitrogens with one attached hydrogen (secondary N) is 1. The number of rotatable bonds is 9. The molecule has 2 fully saturated rings. The summed E-state index contributed by atoms with van der Waals surface area (Å²) in [4.78, 5) is 28.0. The smallest absolute Gasteiger partial charge is 0.330 e. The third kappa shape index (κ3) is 6.06. The van der Waals surface area contributed by atoms with E-state index in [1.54, 1.807) is 14.2 Å². The number of aliphatic hydroxyl groups is 1. The molecule has 2 N–H and O–H groups in total. The van der Waals surface area contributed by atoms with E-state index in [2.05, 4.69) is 36.1 Å². The molecule has 2 bridgehead atoms. The monoisotopic (exact) mass is 654 g/mol. The number of benzene rings is 3. The fourth-order valence-electron chi connectivity index (χ4n) is 6.06. The summed E-state index contributed by atoms with van der Waals surface area (Å²) in [7, 11) is 1.41. The standard InChI is InChI=1S/C36H38N2O8Si/c1-42-28-15-11-26(12-16-28)36(25-9-7-6-8-10-25,27-13-17-29(43-2)18-14-27)45-23-35-22-44-30(31(35)39)33(46-35)38-21-24(19-20-47(3,4)5)32(40)37-34(38)41/h6-18,21,30-31,33,39H,22-23H2,1-5H3,(H,37,40,41)/t30-,31+,33-,35-/m1/s1. The predicted octanol–water partition coefficient (Wildman–Crippen LogP) is 3.82. The van der Waals surface area contributed by atoms with Crippen molar-refractivity contribution < 1.29 is 28.8 Å². The summed E-state index contributed by atoms with van der Waals surface area (Å²) in [6.45, 7) is 6.11. The molecule has 2 aliphatic rings. The minimum absolute atomic E-state index is 0.0336. The summed E-state index contributed by atoms with van der Waals surface area (Å²) >= 11 is 0. The van der Waals surface area contributed by atoms with E-state index in [-0.39, 0.29) is 18.8 Å². The second-order valence-corrected chi connectivity index (χ2v) is 17.5. The second-order valence-electron chi connectivity index (χ2n) is 12.8. The molecule has 0 unspecified atom stereocenters. The number of aromatic amines is 1. The average Bonchev–Trinajstić information content (AvgIpc) is 3.53. The van der Waals surface area contributed by atoms with Crippen molar-refractivity contribution in [3.63, 3.8) is 0 Å². The van der Waals surface area contributed by atoms with E-state index in [0.29, 0.717) is 11.5 Å². The number of aliphatic hydroxyl groups excluding tert-OH is 1. The lowest BCUT2D eigenvalue weighted by Crippen LogP contribution is -2.48. The van der Waals surface area contributed by atoms with Crippen molar-refractivity contribution in [1.29, 1.82) is 0 Å². The number of H-pyrrole nitrogens is 1. The van der Waals surface area contributed by atoms with Crippen LogP contribution in [0.2, 0.25) is 19.6 Å². The molecule has 0 amide bonds. The van der Waals surface area contributed by atoms with E-state index < -0.39 is 49.0 Å². The van der Waals surface area contributed by atoms with Gasteiger partial charge >= 0.3 is 5.69 Å². The Labute approximate surface area is 273 Å². The molecule has 3 heterocycles. The van der Waals surface area contributed by atoms with Crippen molar-refractivity contribution in [3.05, 3.63) is 128 Å². The summed E-state index contributed by atoms with van der Waals surface area (Å²) in [6.07, 6.45) is -1.66. The van der Waals surface area contributed by atoms with Gasteiger partial charge in [-0.05, 0) is 41.0 Å². The summed E-state index contributed by atoms with van der Waals surface area (Å²) in [5, 5.41) is 11.6. The summed E-state index contributed by atoms with van der Waals surface area (Å²) in [5.41, 5.74) is 2.01. The maximum absolute atomic E-state index is 13.0. The Kier molecular flexibility index (Phi) is 8.73. The Morgan fingerprint density at radius 2 is 1.51 bits per heavy atom. The molecule has 0 spiro atoms. The van der Waals surface area contributed by atoms with E-state index in [4.69, 9.17) is 23.7 Å². The molecular formula is C36H38N2O8Si. The van der Waals surface area contributed by atoms with Gasteiger partial charge in [0.1, 0.15) is 48.5 Å². The molecule has 2 aliphatic heterocycles. The molecule has 11 heteroatoms. The van der Waals surface area contributed by atoms with Crippen molar-refractivity contribution in [1.82, 2.24) is 9.55 Å². The second kappa shape index (κ2) is 12.6. The maximum atomic E-state index is 13.0. The molecule has 4 atom stereocenters. The van der Waals surface area contributed by atoms with Gasteiger partial charge in [-0.1, -0.05) is 80.2 Å². The van der Waals surface area contributed by atoms with Gasteiger partial charge in [0.15, 0.2) is 6.23 Å². The zero-order valence-corrected chi connectivity index (χ0v) is 28.0. The number of methoxy groups -OCH3 is 2. The molecule has 3 aromatic carbocycles. The lowest BCUT2D eigenvalue weighted by Gasteiger charge is -2.39. The third-order valence-corrected chi connectivity index (χ3v) is 9.40. The Balaban J connectivity index is 1.41. The SMILES string of the molecule is COc1ccc(C(OC[C@@]23CO[C@@H]([C@H](n4cc(C#C[Si](C)(C)C)c(=O)[nH]c4=O)O2)[C@@H]3O)(c2ccccc2)c2ccc(OC)cc2)cc1. The van der Waals surface area contributed by atoms with Crippen molar-refractivity contribution in [2.24, 2.45) is 0 Å². The van der Waals surface area contributed by atoms with Crippen LogP contribution in [-0.4, -0.2) is 68.0 Å². The normalized spacial score (nSPS) is 22.0. The lowest BCUT2D eigenvalue weighted by molar-refractivity contribution is -0.204. The number of nitrogens with zero attached hydrogens (tertiary/aromatic N) is 1. The summed E-state index contributed by atoms with van der Waals surface area (Å²) in [6, 6.07) is 25.0. The average molecular weight is 655 g/mol. The Hall–Kier alpha value is -4.44. The largest absolute Gasteiger partial charge is 0.497 e. The summed E-state index contributed by atoms with van der Waals surface area (Å²) < 4.78 is 31.7. The molecule has 0 radical (unpaired) electrons. The zero-order chi connectivity index (χ0) is 33.4. The fraction of sp³-hybridized carbons (Fsp3) is 0.333. The predicted molar refractivity (Wildman–Crippen MR) is 178 cm³/mol. The Morgan fingerprint density at radius 3 is 2.06 bits per heavy atom. The van der Waals surface area contributed by atoms with E-state index >= 15 is 0 Å². The maximum Gasteiger partial charge on any atom is 0.330 e. The van der Waals surface area contributed by atoms with Crippen LogP contribution in [0.1, 0.15) is 28.5 Å². The minimum atomic E-state index is -1.81. The summed E-state index contributed by atoms with van der Waals surface area (Å²) in [5.74, 6) is 4.31. The zero-order valence-electron chi connectivity index (χ0n) is 27.0. The van der Waals surface area contributed by atoms with Crippen LogP contribution < -0.4 is 20.7 Å². The number of aromatic nitrogens is 2. The highest BCUT2D eigenvalue weighted by Crippen LogP contribution is 2.48. The molecule has 244 valence electrons. The first-order valence-corrected chi connectivity index (χ1v) is 18.8. The van der Waals surface area contributed by atoms with E-state index in [9.17, 15) is 14.7 Å². The molecule has 6 rings (SSSR count). The van der Waals surface area contributed by atoms with Gasteiger partial charge in [-0.25, -0.2) is 4.79 Å². The van der Waals surface area contributed by atoms with Crippen molar-refractivity contribution in [2.45, 2.75) is 49.3 Å². The molecule has 4 aromatic rings. The number of hydrogen-bond donors (Lipinski definition) is 2. The number of ether oxygens (including phenoxy) is 5. The first kappa shape index (κ1) is 32.5. The van der Waals surface area contributed by atoms with Crippen LogP contribution >= 0.6 is 0 Å². The van der Waals surface area contributed by atoms with Gasteiger partial charge < -0.3 is 28.8 Å². The van der Waals surface area contributed by atoms with E-state index in [1.165, 1.54) is 10.8 Å². The number of hydrogen-bond acceptors (Lipinski definition) is 8. The van der Waals surface area contributed by atoms with Crippen LogP contribution in [0.5, 0.6) is 11.5 Å². The van der Waals surface area contributed by atoms with Gasteiger partial charge in [0.05, 0.1) is 27.4 Å². The first-order chi connectivity index (χ1) is 22.5. The lowest BCUT2D eigenvalue weighted by atomic mass is 9.79. The molecule has 10 nitrogen and oxygen atoms in total. The number of fused-ring (bicyclic) bond motifs is 2. The molecule has 0 aliphatic carbocycles. The molecular weight excluding hydrogens is 616 g/mol. The van der Waals surface area contributed by atoms with E-state index in [0.717, 1.165) is 16.7 Å². The highest BCUT2D eigenvalue weighted by atomic mass is 28.3. The van der Waals surface area contributed by atoms with Gasteiger partial charge in [0.25, 0.3) is 5.56 Å². The van der Waals surface area contributed by atoms with E-state index in [1.807, 2.05) is 78.9 Å². The van der Waals surface area contributed by atoms with Crippen LogP contribution in [0.4, 0.5) is 0 Å². The molecule has 0 saturated carbocycles. The third-order valence-electron chi connectivity index (χ3n) is 8.53. The van der Waals surface area contributed by atoms with Gasteiger partial charge in [0, 0.05) is 6.20 Å². The Morgan fingerprint density at radius 1 is 0.936 bits per heavy atom. The van der Waals surface area contributed by atoms with Crippen LogP contribution in [0.25, 0.3) is 0 Å². The van der Waals surface area contributed by atoms with Crippen LogP contribution in [0.15, 0.2) is 94.6 Å². The van der Waals surface area contributed by atoms with Gasteiger partial charge in [0.2, 0.25) is 0 Å². The molecule has 2 saturated heterocycles. The highest BCUT2D eigenvalue weighted by molar-refractivity contribution is 6.83. The minimum Gasteiger partial charge on any atom is -0.497 e. The fourth-order valence-corrected chi connectivity index (χ4v) is 6.57. The van der Waals surface area contributed by atoms with Crippen LogP contribution in [0, 0.1) is 11.5 Å². The first-order valence-electron chi connectivity index (χ1n) is 15.3. The van der Waals surface area contributed by atoms with Gasteiger partial charge in [-0.3, -0.25) is 14.3 Å². The van der Waals surface area contributed by atoms with Crippen LogP contribution in [-0.2, 0) is 19.8 Å². The van der Waals surface area contributed by atoms with Crippen molar-refractivity contribution in [3.8, 4) is 23.0 Å². The Bertz CT molecular complexity index is 1860. The quantitative estimate of drug-likeness (QED) is 0.159. The van der Waals surface area contributed by atoms with Gasteiger partial charge in [-0.15, -0.1) is 5.54 Å². The molecule has 47 heavy (non-hydrogen) atoms.